The van der Waals surface area contributed by atoms with Gasteiger partial charge in [-0.15, -0.1) is 0 Å². The Bertz CT molecular complexity index is 2560. The Morgan fingerprint density at radius 2 is 1.44 bits per heavy atom. The molecule has 4 N–H and O–H groups in total. The molecule has 7 aromatic heterocycles. The summed E-state index contributed by atoms with van der Waals surface area (Å²) in [5.41, 5.74) is 2.14. The van der Waals surface area contributed by atoms with Gasteiger partial charge in [0.15, 0.2) is 11.5 Å². The molecule has 1 saturated heterocycles. The van der Waals surface area contributed by atoms with E-state index in [9.17, 15) is 15.0 Å². The lowest BCUT2D eigenvalue weighted by molar-refractivity contribution is 0.0696. The Labute approximate surface area is 320 Å². The van der Waals surface area contributed by atoms with Crippen molar-refractivity contribution in [2.24, 2.45) is 0 Å². The van der Waals surface area contributed by atoms with E-state index in [0.29, 0.717) is 99.0 Å². The number of aromatic amines is 2. The van der Waals surface area contributed by atoms with E-state index in [2.05, 4.69) is 49.8 Å². The molecule has 18 nitrogen and oxygen atoms in total. The second kappa shape index (κ2) is 14.8. The summed E-state index contributed by atoms with van der Waals surface area (Å²) in [5, 5.41) is 21.2. The molecule has 0 saturated carbocycles. The number of carboxylic acid groups (broad SMARTS) is 1. The van der Waals surface area contributed by atoms with Gasteiger partial charge in [0.2, 0.25) is 5.88 Å². The molecule has 0 atom stereocenters. The number of halogens is 2. The Balaban J connectivity index is 1.02. The predicted octanol–water partition coefficient (Wildman–Crippen LogP) is 5.73. The molecule has 1 fully saturated rings. The number of aliphatic hydroxyl groups is 1. The monoisotopic (exact) mass is 785 g/mol. The van der Waals surface area contributed by atoms with Gasteiger partial charge in [0.05, 0.1) is 65.2 Å². The number of methoxy groups -OCH3 is 1. The zero-order chi connectivity index (χ0) is 38.2. The van der Waals surface area contributed by atoms with E-state index in [4.69, 9.17) is 42.1 Å². The van der Waals surface area contributed by atoms with Crippen LogP contribution in [0.2, 0.25) is 10.0 Å². The number of carbonyl (C=O) groups is 1. The highest BCUT2D eigenvalue weighted by atomic mass is 35.5. The van der Waals surface area contributed by atoms with Crippen molar-refractivity contribution in [1.29, 1.82) is 0 Å². The Morgan fingerprint density at radius 3 is 2.13 bits per heavy atom. The van der Waals surface area contributed by atoms with Gasteiger partial charge in [-0.25, -0.2) is 14.8 Å². The summed E-state index contributed by atoms with van der Waals surface area (Å²) >= 11 is 13.6. The summed E-state index contributed by atoms with van der Waals surface area (Å²) < 4.78 is 23.1. The lowest BCUT2D eigenvalue weighted by Gasteiger charge is -2.37. The number of aromatic carboxylic acids is 1. The van der Waals surface area contributed by atoms with Crippen LogP contribution in [0, 0.1) is 0 Å². The van der Waals surface area contributed by atoms with Crippen molar-refractivity contribution in [1.82, 2.24) is 49.8 Å². The third kappa shape index (κ3) is 7.29. The van der Waals surface area contributed by atoms with Crippen molar-refractivity contribution >= 4 is 57.1 Å². The smallest absolute Gasteiger partial charge is 0.337 e. The van der Waals surface area contributed by atoms with E-state index in [1.807, 2.05) is 11.8 Å². The number of rotatable bonds is 13. The zero-order valence-electron chi connectivity index (χ0n) is 28.9. The number of nitrogens with zero attached hydrogens (tertiary/aromatic N) is 9. The minimum Gasteiger partial charge on any atom is -0.495 e. The summed E-state index contributed by atoms with van der Waals surface area (Å²) in [7, 11) is 1.53. The van der Waals surface area contributed by atoms with Crippen LogP contribution in [-0.4, -0.2) is 92.3 Å². The van der Waals surface area contributed by atoms with Crippen molar-refractivity contribution in [3.05, 3.63) is 82.1 Å². The lowest BCUT2D eigenvalue weighted by atomic mass is 10.1. The van der Waals surface area contributed by atoms with Crippen LogP contribution in [0.3, 0.4) is 0 Å². The fourth-order valence-corrected chi connectivity index (χ4v) is 6.47. The molecule has 1 aliphatic heterocycles. The summed E-state index contributed by atoms with van der Waals surface area (Å²) in [5.74, 6) is 1.21. The SMILES string of the molecule is CCc1[nH]c2nc(Oc3cncc(C(=O)O)c3)nc(Oc3cnc(CCc4[nH]c5nc(Oc6cncc(OC)c6)nc(N6CC(O)C6)c5c4Cl)nc3)c2c1Cl. The fourth-order valence-electron chi connectivity index (χ4n) is 5.81. The number of carboxylic acids is 1. The van der Waals surface area contributed by atoms with Gasteiger partial charge in [-0.05, 0) is 18.9 Å². The zero-order valence-corrected chi connectivity index (χ0v) is 30.5. The number of nitrogens with one attached hydrogen (secondary N) is 2. The second-order valence-electron chi connectivity index (χ2n) is 12.3. The quantitative estimate of drug-likeness (QED) is 0.109. The number of hydrogen-bond donors (Lipinski definition) is 4. The highest BCUT2D eigenvalue weighted by Crippen LogP contribution is 2.39. The van der Waals surface area contributed by atoms with E-state index in [0.717, 1.165) is 0 Å². The van der Waals surface area contributed by atoms with Crippen LogP contribution in [0.4, 0.5) is 5.82 Å². The highest BCUT2D eigenvalue weighted by Gasteiger charge is 2.30. The molecular weight excluding hydrogens is 757 g/mol. The van der Waals surface area contributed by atoms with Crippen LogP contribution in [0.15, 0.2) is 49.3 Å². The van der Waals surface area contributed by atoms with Gasteiger partial charge >= 0.3 is 18.0 Å². The highest BCUT2D eigenvalue weighted by molar-refractivity contribution is 6.37. The minimum atomic E-state index is -1.16. The van der Waals surface area contributed by atoms with Gasteiger partial charge in [-0.2, -0.15) is 19.9 Å². The van der Waals surface area contributed by atoms with E-state index in [-0.39, 0.29) is 35.0 Å². The molecule has 8 heterocycles. The fraction of sp³-hybridized carbons (Fsp3) is 0.229. The number of anilines is 1. The lowest BCUT2D eigenvalue weighted by Crippen LogP contribution is -2.51. The molecule has 280 valence electrons. The van der Waals surface area contributed by atoms with Gasteiger partial charge in [0, 0.05) is 43.2 Å². The van der Waals surface area contributed by atoms with Gasteiger partial charge in [-0.1, -0.05) is 30.1 Å². The summed E-state index contributed by atoms with van der Waals surface area (Å²) in [6.45, 7) is 2.70. The average molecular weight is 787 g/mol. The normalized spacial score (nSPS) is 12.9. The number of pyridine rings is 2. The number of aliphatic hydroxyl groups excluding tert-OH is 1. The maximum atomic E-state index is 11.4. The molecule has 0 radical (unpaired) electrons. The molecule has 20 heteroatoms. The summed E-state index contributed by atoms with van der Waals surface area (Å²) in [6.07, 6.45) is 9.55. The van der Waals surface area contributed by atoms with E-state index < -0.39 is 12.1 Å². The number of hydrogen-bond acceptors (Lipinski definition) is 15. The number of fused-ring (bicyclic) bond motifs is 2. The average Bonchev–Trinajstić information content (AvgIpc) is 3.67. The Kier molecular flexibility index (Phi) is 9.60. The van der Waals surface area contributed by atoms with Crippen molar-refractivity contribution in [2.75, 3.05) is 25.1 Å². The first-order valence-corrected chi connectivity index (χ1v) is 17.5. The number of aryl methyl sites for hydroxylation is 3. The Morgan fingerprint density at radius 1 is 0.800 bits per heavy atom. The third-order valence-electron chi connectivity index (χ3n) is 8.54. The molecular formula is C35H29Cl2N11O7. The number of H-pyrrole nitrogens is 2. The van der Waals surface area contributed by atoms with Crippen LogP contribution in [0.1, 0.15) is 34.5 Å². The first-order chi connectivity index (χ1) is 26.6. The van der Waals surface area contributed by atoms with Crippen LogP contribution < -0.4 is 23.8 Å². The number of ether oxygens (including phenoxy) is 4. The first-order valence-electron chi connectivity index (χ1n) is 16.8. The molecule has 8 rings (SSSR count). The van der Waals surface area contributed by atoms with Gasteiger partial charge in [0.25, 0.3) is 0 Å². The van der Waals surface area contributed by atoms with Crippen LogP contribution in [0.5, 0.6) is 40.9 Å². The van der Waals surface area contributed by atoms with Crippen molar-refractivity contribution in [2.45, 2.75) is 32.3 Å². The second-order valence-corrected chi connectivity index (χ2v) is 13.0. The van der Waals surface area contributed by atoms with E-state index in [1.165, 1.54) is 44.2 Å². The molecule has 0 spiro atoms. The number of β-amino-alcohol motifs (C(OH)–C–C–N with tert-alkyl or cyclic N) is 1. The standard InChI is InChI=1S/C35H29Cl2N11O7/c1-3-22-27(36)26-30(42-22)45-35(54-19-6-16(33(50)51)8-38-10-19)47-32(26)53-21-12-40-24(41-13-21)5-4-23-28(37)25-29(43-23)44-34(46-31(25)48-14-17(49)15-48)55-20-7-18(52-2)9-39-11-20/h6-13,17,49H,3-5,14-15H2,1-2H3,(H,50,51)(H,42,45,47)(H,43,44,46). The molecule has 0 aromatic carbocycles. The Hall–Kier alpha value is -6.37. The van der Waals surface area contributed by atoms with Gasteiger partial charge < -0.3 is 44.0 Å². The van der Waals surface area contributed by atoms with Crippen LogP contribution in [-0.2, 0) is 19.3 Å². The maximum absolute atomic E-state index is 11.4. The van der Waals surface area contributed by atoms with Gasteiger partial charge in [-0.3, -0.25) is 9.97 Å². The molecule has 0 aliphatic carbocycles. The largest absolute Gasteiger partial charge is 0.495 e. The predicted molar refractivity (Wildman–Crippen MR) is 197 cm³/mol. The maximum Gasteiger partial charge on any atom is 0.337 e. The summed E-state index contributed by atoms with van der Waals surface area (Å²) in [4.78, 5) is 54.8. The molecule has 0 unspecified atom stereocenters. The van der Waals surface area contributed by atoms with Crippen LogP contribution in [0.25, 0.3) is 22.1 Å². The molecule has 1 aliphatic rings. The van der Waals surface area contributed by atoms with Crippen molar-refractivity contribution in [3.8, 4) is 40.9 Å². The topological polar surface area (TPSA) is 232 Å². The van der Waals surface area contributed by atoms with Crippen LogP contribution >= 0.6 is 23.2 Å². The van der Waals surface area contributed by atoms with E-state index >= 15 is 0 Å². The number of aromatic nitrogens is 10. The van der Waals surface area contributed by atoms with Crippen molar-refractivity contribution < 1.29 is 34.0 Å². The third-order valence-corrected chi connectivity index (χ3v) is 9.38. The molecule has 7 aromatic rings. The minimum absolute atomic E-state index is 0.0664. The molecule has 55 heavy (non-hydrogen) atoms. The van der Waals surface area contributed by atoms with Gasteiger partial charge in [0.1, 0.15) is 39.8 Å². The molecule has 0 bridgehead atoms. The van der Waals surface area contributed by atoms with E-state index in [1.54, 1.807) is 12.3 Å². The molecule has 0 amide bonds. The first kappa shape index (κ1) is 35.6. The van der Waals surface area contributed by atoms with Crippen molar-refractivity contribution in [3.63, 3.8) is 0 Å². The summed E-state index contributed by atoms with van der Waals surface area (Å²) in [6, 6.07) is 2.90.